The first-order valence-corrected chi connectivity index (χ1v) is 6.65. The Labute approximate surface area is 106 Å². The van der Waals surface area contributed by atoms with Crippen molar-refractivity contribution in [3.63, 3.8) is 0 Å². The predicted molar refractivity (Wildman–Crippen MR) is 67.5 cm³/mol. The van der Waals surface area contributed by atoms with E-state index in [0.717, 1.165) is 0 Å². The molecule has 2 fully saturated rings. The van der Waals surface area contributed by atoms with Crippen molar-refractivity contribution >= 4 is 11.7 Å². The van der Waals surface area contributed by atoms with Gasteiger partial charge in [-0.3, -0.25) is 9.59 Å². The summed E-state index contributed by atoms with van der Waals surface area (Å²) in [7, 11) is 0. The van der Waals surface area contributed by atoms with Crippen molar-refractivity contribution in [3.8, 4) is 0 Å². The number of rotatable bonds is 5. The van der Waals surface area contributed by atoms with E-state index in [9.17, 15) is 9.59 Å². The summed E-state index contributed by atoms with van der Waals surface area (Å²) in [5.74, 6) is 1.27. The van der Waals surface area contributed by atoms with Gasteiger partial charge in [0.1, 0.15) is 5.69 Å². The number of carbonyl (C=O) groups is 2. The van der Waals surface area contributed by atoms with E-state index in [4.69, 9.17) is 0 Å². The van der Waals surface area contributed by atoms with Gasteiger partial charge in [-0.1, -0.05) is 0 Å². The Kier molecular flexibility index (Phi) is 2.73. The molecule has 0 aromatic carbocycles. The third-order valence-corrected chi connectivity index (χ3v) is 3.89. The van der Waals surface area contributed by atoms with E-state index in [-0.39, 0.29) is 11.7 Å². The topological polar surface area (TPSA) is 62.0 Å². The summed E-state index contributed by atoms with van der Waals surface area (Å²) in [6.07, 6.45) is 6.56. The molecular formula is C14H18N2O2. The minimum absolute atomic E-state index is 0.0220. The molecule has 1 heterocycles. The number of hydrogen-bond donors (Lipinski definition) is 2. The van der Waals surface area contributed by atoms with E-state index in [2.05, 4.69) is 10.3 Å². The van der Waals surface area contributed by atoms with Gasteiger partial charge in [-0.2, -0.15) is 0 Å². The van der Waals surface area contributed by atoms with Crippen LogP contribution in [0.1, 0.15) is 53.5 Å². The fourth-order valence-corrected chi connectivity index (χ4v) is 2.49. The second kappa shape index (κ2) is 4.26. The van der Waals surface area contributed by atoms with Gasteiger partial charge in [0, 0.05) is 17.8 Å². The number of aromatic amines is 1. The number of H-pyrrole nitrogens is 1. The molecule has 1 aromatic rings. The first kappa shape index (κ1) is 11.5. The molecule has 0 radical (unpaired) electrons. The van der Waals surface area contributed by atoms with Crippen LogP contribution in [-0.4, -0.2) is 22.7 Å². The number of ketones is 1. The maximum Gasteiger partial charge on any atom is 0.267 e. The van der Waals surface area contributed by atoms with Crippen LogP contribution in [-0.2, 0) is 0 Å². The van der Waals surface area contributed by atoms with Gasteiger partial charge in [0.2, 0.25) is 0 Å². The third kappa shape index (κ3) is 2.33. The van der Waals surface area contributed by atoms with Gasteiger partial charge in [-0.05, 0) is 50.5 Å². The van der Waals surface area contributed by atoms with Gasteiger partial charge in [-0.25, -0.2) is 0 Å². The summed E-state index contributed by atoms with van der Waals surface area (Å²) in [6, 6.07) is 1.98. The SMILES string of the molecule is CC(=O)c1c[nH]c(C(=O)NC(C2CC2)C2CC2)c1. The van der Waals surface area contributed by atoms with E-state index in [1.807, 2.05) is 0 Å². The van der Waals surface area contributed by atoms with Crippen LogP contribution in [0.3, 0.4) is 0 Å². The summed E-state index contributed by atoms with van der Waals surface area (Å²) >= 11 is 0. The van der Waals surface area contributed by atoms with Crippen molar-refractivity contribution < 1.29 is 9.59 Å². The Morgan fingerprint density at radius 3 is 2.33 bits per heavy atom. The van der Waals surface area contributed by atoms with E-state index in [0.29, 0.717) is 29.1 Å². The molecular weight excluding hydrogens is 228 g/mol. The molecule has 18 heavy (non-hydrogen) atoms. The summed E-state index contributed by atoms with van der Waals surface area (Å²) in [5.41, 5.74) is 1.06. The zero-order valence-electron chi connectivity index (χ0n) is 10.5. The molecule has 2 saturated carbocycles. The van der Waals surface area contributed by atoms with Gasteiger partial charge in [0.25, 0.3) is 5.91 Å². The highest BCUT2D eigenvalue weighted by Crippen LogP contribution is 2.44. The highest BCUT2D eigenvalue weighted by Gasteiger charge is 2.42. The Morgan fingerprint density at radius 1 is 1.28 bits per heavy atom. The minimum Gasteiger partial charge on any atom is -0.356 e. The van der Waals surface area contributed by atoms with Gasteiger partial charge in [-0.15, -0.1) is 0 Å². The fourth-order valence-electron chi connectivity index (χ4n) is 2.49. The fraction of sp³-hybridized carbons (Fsp3) is 0.571. The summed E-state index contributed by atoms with van der Waals surface area (Å²) in [6.45, 7) is 1.50. The maximum absolute atomic E-state index is 12.1. The molecule has 2 N–H and O–H groups in total. The number of Topliss-reactive ketones (excluding diaryl/α,β-unsaturated/α-hetero) is 1. The molecule has 0 saturated heterocycles. The van der Waals surface area contributed by atoms with Crippen LogP contribution in [0.25, 0.3) is 0 Å². The number of nitrogens with one attached hydrogen (secondary N) is 2. The van der Waals surface area contributed by atoms with Crippen molar-refractivity contribution in [1.29, 1.82) is 0 Å². The number of amides is 1. The number of carbonyl (C=O) groups excluding carboxylic acids is 2. The molecule has 0 spiro atoms. The average Bonchev–Trinajstić information content (AvgIpc) is 3.24. The van der Waals surface area contributed by atoms with Crippen molar-refractivity contribution in [2.24, 2.45) is 11.8 Å². The van der Waals surface area contributed by atoms with Crippen LogP contribution in [0.15, 0.2) is 12.3 Å². The molecule has 2 aliphatic carbocycles. The van der Waals surface area contributed by atoms with Crippen LogP contribution in [0, 0.1) is 11.8 Å². The summed E-state index contributed by atoms with van der Waals surface area (Å²) in [4.78, 5) is 26.2. The van der Waals surface area contributed by atoms with E-state index >= 15 is 0 Å². The molecule has 96 valence electrons. The Hall–Kier alpha value is -1.58. The lowest BCUT2D eigenvalue weighted by atomic mass is 10.1. The van der Waals surface area contributed by atoms with Crippen LogP contribution >= 0.6 is 0 Å². The van der Waals surface area contributed by atoms with Gasteiger partial charge >= 0.3 is 0 Å². The maximum atomic E-state index is 12.1. The minimum atomic E-state index is -0.0775. The first-order chi connectivity index (χ1) is 8.65. The molecule has 1 amide bonds. The van der Waals surface area contributed by atoms with Crippen molar-refractivity contribution in [2.45, 2.75) is 38.6 Å². The van der Waals surface area contributed by atoms with Gasteiger partial charge < -0.3 is 10.3 Å². The molecule has 4 heteroatoms. The monoisotopic (exact) mass is 246 g/mol. The van der Waals surface area contributed by atoms with Gasteiger partial charge in [0.15, 0.2) is 5.78 Å². The summed E-state index contributed by atoms with van der Waals surface area (Å²) in [5, 5.41) is 3.13. The molecule has 3 rings (SSSR count). The van der Waals surface area contributed by atoms with Crippen molar-refractivity contribution in [2.75, 3.05) is 0 Å². The quantitative estimate of drug-likeness (QED) is 0.782. The number of aromatic nitrogens is 1. The molecule has 0 aliphatic heterocycles. The second-order valence-corrected chi connectivity index (χ2v) is 5.53. The lowest BCUT2D eigenvalue weighted by Crippen LogP contribution is -2.38. The zero-order chi connectivity index (χ0) is 12.7. The highest BCUT2D eigenvalue weighted by atomic mass is 16.2. The Bertz CT molecular complexity index is 472. The predicted octanol–water partition coefficient (Wildman–Crippen LogP) is 2.14. The van der Waals surface area contributed by atoms with Crippen LogP contribution in [0.4, 0.5) is 0 Å². The third-order valence-electron chi connectivity index (χ3n) is 3.89. The van der Waals surface area contributed by atoms with E-state index < -0.39 is 0 Å². The Morgan fingerprint density at radius 2 is 1.89 bits per heavy atom. The normalized spacial score (nSPS) is 19.0. The molecule has 0 unspecified atom stereocenters. The average molecular weight is 246 g/mol. The molecule has 1 aromatic heterocycles. The molecule has 0 bridgehead atoms. The lowest BCUT2D eigenvalue weighted by Gasteiger charge is -2.16. The first-order valence-electron chi connectivity index (χ1n) is 6.65. The van der Waals surface area contributed by atoms with Crippen molar-refractivity contribution in [1.82, 2.24) is 10.3 Å². The van der Waals surface area contributed by atoms with Crippen LogP contribution in [0.2, 0.25) is 0 Å². The molecule has 0 atom stereocenters. The molecule has 2 aliphatic rings. The lowest BCUT2D eigenvalue weighted by molar-refractivity contribution is 0.0921. The van der Waals surface area contributed by atoms with Crippen molar-refractivity contribution in [3.05, 3.63) is 23.5 Å². The summed E-state index contributed by atoms with van der Waals surface area (Å²) < 4.78 is 0. The van der Waals surface area contributed by atoms with Gasteiger partial charge in [0.05, 0.1) is 0 Å². The smallest absolute Gasteiger partial charge is 0.267 e. The van der Waals surface area contributed by atoms with E-state index in [1.54, 1.807) is 12.3 Å². The highest BCUT2D eigenvalue weighted by molar-refractivity contribution is 5.99. The standard InChI is InChI=1S/C14H18N2O2/c1-8(17)11-6-12(15-7-11)14(18)16-13(9-2-3-9)10-4-5-10/h6-7,9-10,13,15H,2-5H2,1H3,(H,16,18). The van der Waals surface area contributed by atoms with Crippen LogP contribution in [0.5, 0.6) is 0 Å². The second-order valence-electron chi connectivity index (χ2n) is 5.53. The number of hydrogen-bond acceptors (Lipinski definition) is 2. The zero-order valence-corrected chi connectivity index (χ0v) is 10.5. The molecule has 4 nitrogen and oxygen atoms in total. The largest absolute Gasteiger partial charge is 0.356 e. The van der Waals surface area contributed by atoms with E-state index in [1.165, 1.54) is 32.6 Å². The Balaban J connectivity index is 1.67. The van der Waals surface area contributed by atoms with Crippen LogP contribution < -0.4 is 5.32 Å².